The fraction of sp³-hybridized carbons (Fsp3) is 0.217. The van der Waals surface area contributed by atoms with Gasteiger partial charge in [0.15, 0.2) is 93.1 Å². The summed E-state index contributed by atoms with van der Waals surface area (Å²) in [6, 6.07) is 4.57. The number of nitrogens with zero attached hydrogens (tertiary/aromatic N) is 2. The minimum Gasteiger partial charge on any atom is -0.300 e. The number of halogens is 28. The zero-order valence-electron chi connectivity index (χ0n) is 36.1. The highest BCUT2D eigenvalue weighted by atomic mass is 19.4. The summed E-state index contributed by atoms with van der Waals surface area (Å²) in [5.41, 5.74) is -28.7. The van der Waals surface area contributed by atoms with Crippen LogP contribution in [0.25, 0.3) is 0 Å². The Kier molecular flexibility index (Phi) is 14.3. The highest BCUT2D eigenvalue weighted by molar-refractivity contribution is 5.81. The number of hydrogen-bond acceptors (Lipinski definition) is 2. The van der Waals surface area contributed by atoms with Crippen LogP contribution in [0.2, 0.25) is 0 Å². The van der Waals surface area contributed by atoms with Crippen molar-refractivity contribution in [2.75, 3.05) is 9.80 Å². The molecule has 0 aromatic heterocycles. The lowest BCUT2D eigenvalue weighted by Gasteiger charge is -2.39. The van der Waals surface area contributed by atoms with Gasteiger partial charge in [-0.2, -0.15) is 52.7 Å². The van der Waals surface area contributed by atoms with E-state index in [1.165, 1.54) is 0 Å². The molecule has 1 aliphatic rings. The molecule has 408 valence electrons. The number of hydrogen-bond donors (Lipinski definition) is 0. The SMILES string of the molecule is Fc1c(F)c(C(F)(F)F)c(F)c(F)c1N(c1ccc(C2(c3ccc(N(c4c(F)c(F)c(C(F)(F)F)c(F)c4F)c4c(F)c(F)c(C(F)(F)F)c(F)c4F)cc3)CCCCC2)cc1)c1c(F)c(F)c(C(F)(F)F)c(F)c1F. The second-order valence-electron chi connectivity index (χ2n) is 16.3. The fourth-order valence-corrected chi connectivity index (χ4v) is 8.76. The normalized spacial score (nSPS) is 14.4. The second-order valence-corrected chi connectivity index (χ2v) is 16.3. The summed E-state index contributed by atoms with van der Waals surface area (Å²) in [6.07, 6.45) is -24.9. The Balaban J connectivity index is 1.46. The molecule has 0 saturated heterocycles. The molecule has 7 rings (SSSR count). The Labute approximate surface area is 404 Å². The maximum atomic E-state index is 15.7. The minimum atomic E-state index is -6.29. The third-order valence-corrected chi connectivity index (χ3v) is 12.1. The Morgan fingerprint density at radius 1 is 0.263 bits per heavy atom. The van der Waals surface area contributed by atoms with Crippen LogP contribution in [-0.4, -0.2) is 0 Å². The monoisotopic (exact) mass is 1130 g/mol. The van der Waals surface area contributed by atoms with E-state index in [4.69, 9.17) is 0 Å². The van der Waals surface area contributed by atoms with Crippen LogP contribution in [0, 0.1) is 93.1 Å². The van der Waals surface area contributed by atoms with Crippen molar-refractivity contribution in [3.05, 3.63) is 175 Å². The van der Waals surface area contributed by atoms with Gasteiger partial charge in [0.1, 0.15) is 45.0 Å². The smallest absolute Gasteiger partial charge is 0.300 e. The molecule has 0 radical (unpaired) electrons. The molecule has 0 spiro atoms. The summed E-state index contributed by atoms with van der Waals surface area (Å²) >= 11 is 0. The molecule has 6 aromatic carbocycles. The summed E-state index contributed by atoms with van der Waals surface area (Å²) in [5, 5.41) is 0. The van der Waals surface area contributed by atoms with E-state index in [0.29, 0.717) is 30.7 Å². The first kappa shape index (κ1) is 56.7. The van der Waals surface area contributed by atoms with Gasteiger partial charge in [-0.15, -0.1) is 0 Å². The van der Waals surface area contributed by atoms with Gasteiger partial charge < -0.3 is 0 Å². The molecule has 0 unspecified atom stereocenters. The van der Waals surface area contributed by atoms with Gasteiger partial charge in [-0.3, -0.25) is 9.80 Å². The molecule has 1 saturated carbocycles. The molecule has 1 aliphatic carbocycles. The molecule has 0 amide bonds. The van der Waals surface area contributed by atoms with Crippen LogP contribution in [0.3, 0.4) is 0 Å². The van der Waals surface area contributed by atoms with Gasteiger partial charge in [-0.05, 0) is 48.2 Å². The van der Waals surface area contributed by atoms with Gasteiger partial charge in [-0.1, -0.05) is 43.5 Å². The summed E-state index contributed by atoms with van der Waals surface area (Å²) in [7, 11) is 0. The van der Waals surface area contributed by atoms with Crippen molar-refractivity contribution in [2.24, 2.45) is 0 Å². The first-order valence-electron chi connectivity index (χ1n) is 20.5. The van der Waals surface area contributed by atoms with Gasteiger partial charge in [-0.25, -0.2) is 70.2 Å². The molecular weight excluding hydrogens is 1110 g/mol. The van der Waals surface area contributed by atoms with E-state index in [9.17, 15) is 52.7 Å². The third-order valence-electron chi connectivity index (χ3n) is 12.1. The van der Waals surface area contributed by atoms with Crippen molar-refractivity contribution in [3.63, 3.8) is 0 Å². The second kappa shape index (κ2) is 19.2. The Bertz CT molecular complexity index is 2800. The average Bonchev–Trinajstić information content (AvgIpc) is 3.32. The molecule has 0 N–H and O–H groups in total. The fourth-order valence-electron chi connectivity index (χ4n) is 8.76. The van der Waals surface area contributed by atoms with E-state index in [0.717, 1.165) is 24.3 Å². The number of anilines is 6. The van der Waals surface area contributed by atoms with Gasteiger partial charge in [0, 0.05) is 16.8 Å². The van der Waals surface area contributed by atoms with Crippen molar-refractivity contribution in [3.8, 4) is 0 Å². The molecule has 0 heterocycles. The topological polar surface area (TPSA) is 6.48 Å². The molecular formula is C46H18F28N2. The van der Waals surface area contributed by atoms with E-state index >= 15 is 70.2 Å². The number of alkyl halides is 12. The quantitative estimate of drug-likeness (QED) is 0.111. The van der Waals surface area contributed by atoms with Crippen molar-refractivity contribution < 1.29 is 123 Å². The van der Waals surface area contributed by atoms with E-state index in [2.05, 4.69) is 0 Å². The zero-order chi connectivity index (χ0) is 57.0. The van der Waals surface area contributed by atoms with Crippen LogP contribution in [0.1, 0.15) is 65.5 Å². The van der Waals surface area contributed by atoms with Gasteiger partial charge in [0.25, 0.3) is 0 Å². The first-order valence-corrected chi connectivity index (χ1v) is 20.5. The van der Waals surface area contributed by atoms with Crippen LogP contribution in [-0.2, 0) is 30.1 Å². The first-order chi connectivity index (χ1) is 34.9. The van der Waals surface area contributed by atoms with Crippen LogP contribution >= 0.6 is 0 Å². The van der Waals surface area contributed by atoms with Crippen LogP contribution in [0.4, 0.5) is 157 Å². The van der Waals surface area contributed by atoms with Gasteiger partial charge >= 0.3 is 24.7 Å². The highest BCUT2D eigenvalue weighted by Gasteiger charge is 2.49. The Morgan fingerprint density at radius 2 is 0.447 bits per heavy atom. The maximum Gasteiger partial charge on any atom is 0.422 e. The molecule has 6 aromatic rings. The largest absolute Gasteiger partial charge is 0.422 e. The van der Waals surface area contributed by atoms with Crippen LogP contribution < -0.4 is 9.80 Å². The molecule has 0 bridgehead atoms. The predicted octanol–water partition coefficient (Wildman–Crippen LogP) is 18.2. The number of benzene rings is 6. The lowest BCUT2D eigenvalue weighted by molar-refractivity contribution is -0.144. The highest BCUT2D eigenvalue weighted by Crippen LogP contribution is 2.53. The lowest BCUT2D eigenvalue weighted by Crippen LogP contribution is -2.30. The van der Waals surface area contributed by atoms with E-state index in [-0.39, 0.29) is 36.8 Å². The van der Waals surface area contributed by atoms with Gasteiger partial charge in [0.05, 0.1) is 0 Å². The zero-order valence-corrected chi connectivity index (χ0v) is 36.1. The molecule has 2 nitrogen and oxygen atoms in total. The lowest BCUT2D eigenvalue weighted by atomic mass is 9.65. The predicted molar refractivity (Wildman–Crippen MR) is 205 cm³/mol. The molecule has 0 atom stereocenters. The van der Waals surface area contributed by atoms with E-state index in [1.54, 1.807) is 0 Å². The maximum absolute atomic E-state index is 15.7. The van der Waals surface area contributed by atoms with Crippen molar-refractivity contribution in [2.45, 2.75) is 62.2 Å². The molecule has 0 aliphatic heterocycles. The van der Waals surface area contributed by atoms with Crippen molar-refractivity contribution in [1.29, 1.82) is 0 Å². The minimum absolute atomic E-state index is 0.129. The van der Waals surface area contributed by atoms with Crippen LogP contribution in [0.15, 0.2) is 48.5 Å². The Hall–Kier alpha value is -7.04. The summed E-state index contributed by atoms with van der Waals surface area (Å²) in [6.45, 7) is 0. The van der Waals surface area contributed by atoms with Crippen LogP contribution in [0.5, 0.6) is 0 Å². The molecule has 30 heteroatoms. The molecule has 76 heavy (non-hydrogen) atoms. The van der Waals surface area contributed by atoms with E-state index < -0.39 is 189 Å². The number of rotatable bonds is 8. The average molecular weight is 1130 g/mol. The summed E-state index contributed by atoms with van der Waals surface area (Å²) in [4.78, 5) is -1.77. The standard InChI is InChI=1S/C46H18F28N2/c47-22-18(43(63,64)65)23(48)31(56)38(30(22)55)75(39-32(57)24(49)19(44(66,67)68)25(50)33(39)58)16-8-4-14(5-9-16)42(12-2-1-3-13-42)15-6-10-17(11-7-15)76(40-34(59)26(51)20(45(69,70)71)27(52)35(40)60)41-36(61)28(53)21(46(72,73)74)29(54)37(41)62/h4-11H,1-3,12-13H2. The third kappa shape index (κ3) is 9.10. The van der Waals surface area contributed by atoms with Gasteiger partial charge in [0.2, 0.25) is 0 Å². The Morgan fingerprint density at radius 3 is 0.618 bits per heavy atom. The van der Waals surface area contributed by atoms with Crippen molar-refractivity contribution >= 4 is 34.1 Å². The summed E-state index contributed by atoms with van der Waals surface area (Å²) < 4.78 is 408. The van der Waals surface area contributed by atoms with Crippen molar-refractivity contribution in [1.82, 2.24) is 0 Å². The van der Waals surface area contributed by atoms with E-state index in [1.807, 2.05) is 0 Å². The summed E-state index contributed by atoms with van der Waals surface area (Å²) in [5.74, 6) is -52.6. The molecule has 1 fully saturated rings.